The van der Waals surface area contributed by atoms with Gasteiger partial charge in [0.15, 0.2) is 0 Å². The van der Waals surface area contributed by atoms with Crippen molar-refractivity contribution in [1.29, 1.82) is 0 Å². The summed E-state index contributed by atoms with van der Waals surface area (Å²) in [6, 6.07) is 7.57. The molecule has 1 aromatic carbocycles. The average Bonchev–Trinajstić information content (AvgIpc) is 2.78. The van der Waals surface area contributed by atoms with Crippen molar-refractivity contribution in [3.63, 3.8) is 0 Å². The van der Waals surface area contributed by atoms with E-state index in [1.165, 1.54) is 29.8 Å². The number of anilines is 1. The van der Waals surface area contributed by atoms with Crippen LogP contribution in [0.2, 0.25) is 0 Å². The Bertz CT molecular complexity index is 373. The standard InChI is InChI=1S/C15H24N2/c1-4-13-6-7-15(10-12(13)3)17-9-8-14(11-17)16-5-2/h6-7,10,14,16H,4-5,8-9,11H2,1-3H3. The van der Waals surface area contributed by atoms with Gasteiger partial charge in [-0.15, -0.1) is 0 Å². The van der Waals surface area contributed by atoms with Crippen LogP contribution in [0.5, 0.6) is 0 Å². The van der Waals surface area contributed by atoms with Crippen LogP contribution in [-0.2, 0) is 6.42 Å². The minimum Gasteiger partial charge on any atom is -0.370 e. The van der Waals surface area contributed by atoms with E-state index >= 15 is 0 Å². The number of hydrogen-bond acceptors (Lipinski definition) is 2. The van der Waals surface area contributed by atoms with Gasteiger partial charge in [-0.2, -0.15) is 0 Å². The molecule has 2 rings (SSSR count). The smallest absolute Gasteiger partial charge is 0.0369 e. The number of nitrogens with zero attached hydrogens (tertiary/aromatic N) is 1. The van der Waals surface area contributed by atoms with E-state index in [4.69, 9.17) is 0 Å². The summed E-state index contributed by atoms with van der Waals surface area (Å²) in [7, 11) is 0. The number of likely N-dealkylation sites (N-methyl/N-ethyl adjacent to an activating group) is 1. The molecule has 0 aliphatic carbocycles. The molecule has 0 spiro atoms. The third kappa shape index (κ3) is 2.81. The van der Waals surface area contributed by atoms with Crippen LogP contribution >= 0.6 is 0 Å². The molecule has 1 atom stereocenters. The van der Waals surface area contributed by atoms with Gasteiger partial charge in [0.25, 0.3) is 0 Å². The van der Waals surface area contributed by atoms with Crippen LogP contribution in [0.25, 0.3) is 0 Å². The minimum absolute atomic E-state index is 0.672. The molecule has 0 aromatic heterocycles. The van der Waals surface area contributed by atoms with Gasteiger partial charge < -0.3 is 10.2 Å². The number of aryl methyl sites for hydroxylation is 2. The van der Waals surface area contributed by atoms with Crippen molar-refractivity contribution < 1.29 is 0 Å². The van der Waals surface area contributed by atoms with Gasteiger partial charge in [0, 0.05) is 24.8 Å². The molecule has 1 aliphatic rings. The lowest BCUT2D eigenvalue weighted by molar-refractivity contribution is 0.572. The second-order valence-corrected chi connectivity index (χ2v) is 4.95. The van der Waals surface area contributed by atoms with Crippen molar-refractivity contribution in [2.75, 3.05) is 24.5 Å². The monoisotopic (exact) mass is 232 g/mol. The first-order valence-corrected chi connectivity index (χ1v) is 6.82. The Labute approximate surface area is 105 Å². The van der Waals surface area contributed by atoms with Crippen molar-refractivity contribution in [3.05, 3.63) is 29.3 Å². The molecule has 1 fully saturated rings. The Balaban J connectivity index is 2.06. The molecule has 1 heterocycles. The van der Waals surface area contributed by atoms with E-state index in [2.05, 4.69) is 49.2 Å². The highest BCUT2D eigenvalue weighted by atomic mass is 15.2. The Morgan fingerprint density at radius 1 is 1.35 bits per heavy atom. The van der Waals surface area contributed by atoms with Crippen LogP contribution in [-0.4, -0.2) is 25.7 Å². The van der Waals surface area contributed by atoms with E-state index in [0.29, 0.717) is 6.04 Å². The molecule has 0 amide bonds. The molecule has 0 saturated carbocycles. The van der Waals surface area contributed by atoms with Gasteiger partial charge >= 0.3 is 0 Å². The molecule has 1 N–H and O–H groups in total. The quantitative estimate of drug-likeness (QED) is 0.858. The highest BCUT2D eigenvalue weighted by Crippen LogP contribution is 2.23. The zero-order valence-electron chi connectivity index (χ0n) is 11.3. The molecule has 94 valence electrons. The zero-order chi connectivity index (χ0) is 12.3. The highest BCUT2D eigenvalue weighted by Gasteiger charge is 2.21. The van der Waals surface area contributed by atoms with Gasteiger partial charge in [0.1, 0.15) is 0 Å². The summed E-state index contributed by atoms with van der Waals surface area (Å²) in [4.78, 5) is 2.50. The van der Waals surface area contributed by atoms with Crippen molar-refractivity contribution >= 4 is 5.69 Å². The van der Waals surface area contributed by atoms with Gasteiger partial charge in [0.05, 0.1) is 0 Å². The third-order valence-corrected chi connectivity index (χ3v) is 3.75. The van der Waals surface area contributed by atoms with Gasteiger partial charge in [-0.25, -0.2) is 0 Å². The van der Waals surface area contributed by atoms with Crippen molar-refractivity contribution in [2.45, 2.75) is 39.7 Å². The van der Waals surface area contributed by atoms with Crippen LogP contribution in [0, 0.1) is 6.92 Å². The van der Waals surface area contributed by atoms with E-state index in [-0.39, 0.29) is 0 Å². The summed E-state index contributed by atoms with van der Waals surface area (Å²) >= 11 is 0. The lowest BCUT2D eigenvalue weighted by Gasteiger charge is -2.20. The highest BCUT2D eigenvalue weighted by molar-refractivity contribution is 5.51. The first-order chi connectivity index (χ1) is 8.24. The Morgan fingerprint density at radius 3 is 2.82 bits per heavy atom. The third-order valence-electron chi connectivity index (χ3n) is 3.75. The molecule has 2 heteroatoms. The van der Waals surface area contributed by atoms with Crippen LogP contribution in [0.1, 0.15) is 31.4 Å². The first-order valence-electron chi connectivity index (χ1n) is 6.82. The van der Waals surface area contributed by atoms with E-state index in [9.17, 15) is 0 Å². The topological polar surface area (TPSA) is 15.3 Å². The van der Waals surface area contributed by atoms with Crippen LogP contribution in [0.3, 0.4) is 0 Å². The summed E-state index contributed by atoms with van der Waals surface area (Å²) < 4.78 is 0. The Morgan fingerprint density at radius 2 is 2.18 bits per heavy atom. The predicted octanol–water partition coefficient (Wildman–Crippen LogP) is 2.75. The number of rotatable bonds is 4. The first kappa shape index (κ1) is 12.4. The van der Waals surface area contributed by atoms with Gasteiger partial charge in [-0.3, -0.25) is 0 Å². The Kier molecular flexibility index (Phi) is 4.06. The fourth-order valence-corrected chi connectivity index (χ4v) is 2.72. The SMILES string of the molecule is CCNC1CCN(c2ccc(CC)c(C)c2)C1. The molecule has 1 unspecified atom stereocenters. The second kappa shape index (κ2) is 5.54. The number of hydrogen-bond donors (Lipinski definition) is 1. The molecule has 1 saturated heterocycles. The van der Waals surface area contributed by atoms with E-state index in [1.54, 1.807) is 0 Å². The summed E-state index contributed by atoms with van der Waals surface area (Å²) in [6.07, 6.45) is 2.40. The fourth-order valence-electron chi connectivity index (χ4n) is 2.72. The largest absolute Gasteiger partial charge is 0.370 e. The average molecular weight is 232 g/mol. The van der Waals surface area contributed by atoms with Crippen LogP contribution in [0.4, 0.5) is 5.69 Å². The normalized spacial score (nSPS) is 19.9. The maximum atomic E-state index is 3.54. The summed E-state index contributed by atoms with van der Waals surface area (Å²) in [5.74, 6) is 0. The molecule has 1 aromatic rings. The summed E-state index contributed by atoms with van der Waals surface area (Å²) in [5.41, 5.74) is 4.29. The Hall–Kier alpha value is -1.02. The van der Waals surface area contributed by atoms with E-state index in [0.717, 1.165) is 19.5 Å². The lowest BCUT2D eigenvalue weighted by Crippen LogP contribution is -2.32. The molecular formula is C15H24N2. The van der Waals surface area contributed by atoms with Gasteiger partial charge in [0.2, 0.25) is 0 Å². The lowest BCUT2D eigenvalue weighted by atomic mass is 10.1. The van der Waals surface area contributed by atoms with Crippen LogP contribution in [0.15, 0.2) is 18.2 Å². The van der Waals surface area contributed by atoms with Crippen molar-refractivity contribution in [2.24, 2.45) is 0 Å². The molecule has 0 radical (unpaired) electrons. The minimum atomic E-state index is 0.672. The second-order valence-electron chi connectivity index (χ2n) is 4.95. The molecule has 1 aliphatic heterocycles. The van der Waals surface area contributed by atoms with Crippen LogP contribution < -0.4 is 10.2 Å². The van der Waals surface area contributed by atoms with Crippen molar-refractivity contribution in [3.8, 4) is 0 Å². The molecular weight excluding hydrogens is 208 g/mol. The fraction of sp³-hybridized carbons (Fsp3) is 0.600. The zero-order valence-corrected chi connectivity index (χ0v) is 11.3. The van der Waals surface area contributed by atoms with E-state index in [1.807, 2.05) is 0 Å². The number of benzene rings is 1. The molecule has 17 heavy (non-hydrogen) atoms. The summed E-state index contributed by atoms with van der Waals surface area (Å²) in [5, 5.41) is 3.54. The maximum absolute atomic E-state index is 3.54. The summed E-state index contributed by atoms with van der Waals surface area (Å²) in [6.45, 7) is 10.0. The number of nitrogens with one attached hydrogen (secondary N) is 1. The molecule has 0 bridgehead atoms. The molecule has 2 nitrogen and oxygen atoms in total. The van der Waals surface area contributed by atoms with Gasteiger partial charge in [-0.05, 0) is 49.6 Å². The van der Waals surface area contributed by atoms with Crippen molar-refractivity contribution in [1.82, 2.24) is 5.32 Å². The predicted molar refractivity (Wildman–Crippen MR) is 74.9 cm³/mol. The van der Waals surface area contributed by atoms with E-state index < -0.39 is 0 Å². The van der Waals surface area contributed by atoms with Gasteiger partial charge in [-0.1, -0.05) is 19.9 Å². The maximum Gasteiger partial charge on any atom is 0.0369 e.